The Balaban J connectivity index is 0.00000124. The van der Waals surface area contributed by atoms with Crippen LogP contribution in [0.4, 0.5) is 20.3 Å². The van der Waals surface area contributed by atoms with Crippen molar-refractivity contribution in [3.63, 3.8) is 0 Å². The number of anilines is 2. The van der Waals surface area contributed by atoms with Crippen molar-refractivity contribution < 1.29 is 8.78 Å². The van der Waals surface area contributed by atoms with Gasteiger partial charge in [0.1, 0.15) is 11.5 Å². The molecule has 0 saturated heterocycles. The van der Waals surface area contributed by atoms with E-state index in [2.05, 4.69) is 28.5 Å². The summed E-state index contributed by atoms with van der Waals surface area (Å²) in [5.74, 6) is -0.330. The molecule has 1 N–H and O–H groups in total. The highest BCUT2D eigenvalue weighted by Crippen LogP contribution is 2.32. The molecule has 1 aromatic heterocycles. The van der Waals surface area contributed by atoms with Crippen LogP contribution in [-0.2, 0) is 0 Å². The summed E-state index contributed by atoms with van der Waals surface area (Å²) in [5, 5.41) is 3.23. The molecular weight excluding hydrogens is 382 g/mol. The molecule has 0 amide bonds. The van der Waals surface area contributed by atoms with Gasteiger partial charge in [0.2, 0.25) is 0 Å². The Labute approximate surface area is 176 Å². The SMILES string of the molecule is CC.CC1=NCC=Cn2c1nc(/C1=C/CC=C/C=C\C1)c2Nc1ccc(F)c(F)c1. The zero-order valence-corrected chi connectivity index (χ0v) is 17.5. The number of nitrogens with one attached hydrogen (secondary N) is 1. The molecule has 0 saturated carbocycles. The van der Waals surface area contributed by atoms with E-state index in [-0.39, 0.29) is 0 Å². The number of nitrogens with zero attached hydrogens (tertiary/aromatic N) is 3. The largest absolute Gasteiger partial charge is 0.339 e. The van der Waals surface area contributed by atoms with Crippen molar-refractivity contribution in [1.29, 1.82) is 0 Å². The number of halogens is 2. The molecule has 0 radical (unpaired) electrons. The zero-order chi connectivity index (χ0) is 21.5. The van der Waals surface area contributed by atoms with Gasteiger partial charge in [-0.05, 0) is 43.5 Å². The van der Waals surface area contributed by atoms with Gasteiger partial charge in [0.15, 0.2) is 17.5 Å². The van der Waals surface area contributed by atoms with Crippen LogP contribution >= 0.6 is 0 Å². The Morgan fingerprint density at radius 3 is 2.63 bits per heavy atom. The standard InChI is InChI=1S/C22H20F2N4.C2H6/c1-15-21-27-20(16-8-5-3-2-4-6-9-16)22(28(21)13-7-12-25-15)26-17-10-11-18(23)19(24)14-17;1-2/h2-5,7,9-11,13-14,26H,6,8,12H2,1H3;1-2H3/b4-2?,5-3-,16-9+;. The quantitative estimate of drug-likeness (QED) is 0.629. The average molecular weight is 408 g/mol. The number of rotatable bonds is 3. The highest BCUT2D eigenvalue weighted by molar-refractivity contribution is 5.98. The van der Waals surface area contributed by atoms with Crippen LogP contribution in [-0.4, -0.2) is 21.8 Å². The van der Waals surface area contributed by atoms with E-state index in [0.717, 1.165) is 47.8 Å². The first kappa shape index (κ1) is 21.4. The minimum absolute atomic E-state index is 0.456. The zero-order valence-electron chi connectivity index (χ0n) is 17.5. The van der Waals surface area contributed by atoms with Crippen molar-refractivity contribution in [1.82, 2.24) is 9.55 Å². The molecule has 4 rings (SSSR count). The van der Waals surface area contributed by atoms with E-state index in [4.69, 9.17) is 4.98 Å². The third-order valence-corrected chi connectivity index (χ3v) is 4.63. The maximum atomic E-state index is 13.7. The van der Waals surface area contributed by atoms with Gasteiger partial charge in [-0.3, -0.25) is 9.56 Å². The number of fused-ring (bicyclic) bond motifs is 1. The highest BCUT2D eigenvalue weighted by atomic mass is 19.2. The minimum atomic E-state index is -0.895. The van der Waals surface area contributed by atoms with Gasteiger partial charge in [0.25, 0.3) is 0 Å². The molecule has 0 atom stereocenters. The molecule has 1 aliphatic carbocycles. The first-order chi connectivity index (χ1) is 14.6. The molecule has 0 bridgehead atoms. The molecule has 0 fully saturated rings. The fraction of sp³-hybridized carbons (Fsp3) is 0.250. The van der Waals surface area contributed by atoms with Gasteiger partial charge in [0.05, 0.1) is 12.3 Å². The van der Waals surface area contributed by atoms with Crippen molar-refractivity contribution in [2.75, 3.05) is 11.9 Å². The van der Waals surface area contributed by atoms with Crippen LogP contribution in [0.2, 0.25) is 0 Å². The van der Waals surface area contributed by atoms with Crippen LogP contribution in [0.15, 0.2) is 59.6 Å². The van der Waals surface area contributed by atoms with Crippen LogP contribution < -0.4 is 5.32 Å². The Hall–Kier alpha value is -3.28. The van der Waals surface area contributed by atoms with Crippen molar-refractivity contribution in [3.05, 3.63) is 77.8 Å². The summed E-state index contributed by atoms with van der Waals surface area (Å²) in [6.07, 6.45) is 15.7. The number of hydrogen-bond acceptors (Lipinski definition) is 3. The van der Waals surface area contributed by atoms with Crippen LogP contribution in [0.1, 0.15) is 45.1 Å². The predicted octanol–water partition coefficient (Wildman–Crippen LogP) is 6.51. The van der Waals surface area contributed by atoms with Gasteiger partial charge in [-0.2, -0.15) is 0 Å². The molecule has 4 nitrogen and oxygen atoms in total. The lowest BCUT2D eigenvalue weighted by molar-refractivity contribution is 0.509. The smallest absolute Gasteiger partial charge is 0.160 e. The Morgan fingerprint density at radius 1 is 1.03 bits per heavy atom. The molecule has 1 aromatic carbocycles. The number of benzene rings is 1. The summed E-state index contributed by atoms with van der Waals surface area (Å²) < 4.78 is 29.0. The lowest BCUT2D eigenvalue weighted by Gasteiger charge is -2.12. The van der Waals surface area contributed by atoms with Crippen molar-refractivity contribution in [2.45, 2.75) is 33.6 Å². The fourth-order valence-electron chi connectivity index (χ4n) is 3.22. The summed E-state index contributed by atoms with van der Waals surface area (Å²) in [4.78, 5) is 9.34. The highest BCUT2D eigenvalue weighted by Gasteiger charge is 2.21. The van der Waals surface area contributed by atoms with E-state index in [0.29, 0.717) is 18.1 Å². The van der Waals surface area contributed by atoms with Crippen LogP contribution in [0, 0.1) is 11.6 Å². The van der Waals surface area contributed by atoms with Gasteiger partial charge >= 0.3 is 0 Å². The number of aromatic nitrogens is 2. The number of aliphatic imine (C=N–C) groups is 1. The molecule has 2 heterocycles. The lowest BCUT2D eigenvalue weighted by Crippen LogP contribution is -2.05. The Kier molecular flexibility index (Phi) is 7.12. The maximum Gasteiger partial charge on any atom is 0.160 e. The summed E-state index contributed by atoms with van der Waals surface area (Å²) >= 11 is 0. The third-order valence-electron chi connectivity index (χ3n) is 4.63. The van der Waals surface area contributed by atoms with E-state index < -0.39 is 11.6 Å². The lowest BCUT2D eigenvalue weighted by atomic mass is 10.0. The normalized spacial score (nSPS) is 17.9. The molecule has 6 heteroatoms. The molecule has 30 heavy (non-hydrogen) atoms. The van der Waals surface area contributed by atoms with Crippen LogP contribution in [0.25, 0.3) is 11.8 Å². The van der Waals surface area contributed by atoms with Gasteiger partial charge in [-0.1, -0.05) is 44.2 Å². The van der Waals surface area contributed by atoms with Gasteiger partial charge in [-0.25, -0.2) is 13.8 Å². The molecule has 156 valence electrons. The second kappa shape index (κ2) is 9.96. The van der Waals surface area contributed by atoms with Crippen molar-refractivity contribution in [3.8, 4) is 0 Å². The molecule has 1 aliphatic heterocycles. The van der Waals surface area contributed by atoms with Gasteiger partial charge < -0.3 is 5.32 Å². The van der Waals surface area contributed by atoms with E-state index in [1.165, 1.54) is 6.07 Å². The maximum absolute atomic E-state index is 13.7. The fourth-order valence-corrected chi connectivity index (χ4v) is 3.22. The minimum Gasteiger partial charge on any atom is -0.339 e. The Bertz CT molecular complexity index is 1060. The number of allylic oxidation sites excluding steroid dienone is 6. The second-order valence-electron chi connectivity index (χ2n) is 6.59. The first-order valence-electron chi connectivity index (χ1n) is 10.2. The van der Waals surface area contributed by atoms with Gasteiger partial charge in [0, 0.05) is 18.0 Å². The first-order valence-corrected chi connectivity index (χ1v) is 10.2. The number of hydrogen-bond donors (Lipinski definition) is 1. The summed E-state index contributed by atoms with van der Waals surface area (Å²) in [6, 6.07) is 3.77. The van der Waals surface area contributed by atoms with E-state index in [1.54, 1.807) is 0 Å². The van der Waals surface area contributed by atoms with Crippen LogP contribution in [0.5, 0.6) is 0 Å². The topological polar surface area (TPSA) is 42.2 Å². The average Bonchev–Trinajstić information content (AvgIpc) is 2.97. The van der Waals surface area contributed by atoms with Gasteiger partial charge in [-0.15, -0.1) is 0 Å². The molecule has 2 aliphatic rings. The van der Waals surface area contributed by atoms with Crippen molar-refractivity contribution >= 4 is 29.0 Å². The molecular formula is C24H26F2N4. The molecule has 0 spiro atoms. The monoisotopic (exact) mass is 408 g/mol. The Morgan fingerprint density at radius 2 is 1.83 bits per heavy atom. The summed E-state index contributed by atoms with van der Waals surface area (Å²) in [7, 11) is 0. The molecule has 0 unspecified atom stereocenters. The third kappa shape index (κ3) is 4.64. The second-order valence-corrected chi connectivity index (χ2v) is 6.59. The van der Waals surface area contributed by atoms with Crippen LogP contribution in [0.3, 0.4) is 0 Å². The van der Waals surface area contributed by atoms with Crippen molar-refractivity contribution in [2.24, 2.45) is 4.99 Å². The van der Waals surface area contributed by atoms with E-state index in [1.807, 2.05) is 49.8 Å². The summed E-state index contributed by atoms with van der Waals surface area (Å²) in [5.41, 5.74) is 3.12. The van der Waals surface area contributed by atoms with E-state index in [9.17, 15) is 8.78 Å². The number of imidazole rings is 1. The van der Waals surface area contributed by atoms with E-state index >= 15 is 0 Å². The summed E-state index contributed by atoms with van der Waals surface area (Å²) in [6.45, 7) is 6.50. The molecule has 2 aromatic rings. The predicted molar refractivity (Wildman–Crippen MR) is 121 cm³/mol.